The van der Waals surface area contributed by atoms with Gasteiger partial charge in [-0.3, -0.25) is 0 Å². The van der Waals surface area contributed by atoms with Crippen LogP contribution >= 0.6 is 0 Å². The van der Waals surface area contributed by atoms with Crippen molar-refractivity contribution in [2.45, 2.75) is 31.9 Å². The number of amides is 1. The van der Waals surface area contributed by atoms with E-state index in [1.807, 2.05) is 30.3 Å². The van der Waals surface area contributed by atoms with Crippen LogP contribution in [0.4, 0.5) is 4.79 Å². The van der Waals surface area contributed by atoms with Crippen LogP contribution in [0.2, 0.25) is 0 Å². The number of rotatable bonds is 3. The maximum Gasteiger partial charge on any atom is 0.407 e. The number of ether oxygens (including phenoxy) is 1. The molecule has 1 aromatic rings. The minimum atomic E-state index is -0.293. The molecule has 1 aliphatic heterocycles. The molecule has 3 rings (SSSR count). The summed E-state index contributed by atoms with van der Waals surface area (Å²) in [6.07, 6.45) is 3.07. The van der Waals surface area contributed by atoms with Gasteiger partial charge in [-0.25, -0.2) is 4.79 Å². The van der Waals surface area contributed by atoms with E-state index in [9.17, 15) is 4.79 Å². The number of alkyl carbamates (subject to hydrolysis) is 1. The molecule has 1 amide bonds. The highest BCUT2D eigenvalue weighted by molar-refractivity contribution is 5.67. The number of carbonyl (C=O) groups excluding carboxylic acids is 1. The Morgan fingerprint density at radius 3 is 2.79 bits per heavy atom. The summed E-state index contributed by atoms with van der Waals surface area (Å²) in [6, 6.07) is 10.0. The summed E-state index contributed by atoms with van der Waals surface area (Å²) in [6.45, 7) is 2.54. The number of carbonyl (C=O) groups is 1. The minimum absolute atomic E-state index is 0.283. The maximum absolute atomic E-state index is 11.7. The molecule has 1 aromatic carbocycles. The standard InChI is InChI=1S/C15H20N2O2/c18-14(19-9-12-4-2-1-3-5-12)17-13-6-7-15(8-13)10-16-11-15/h1-5,13,16H,6-11H2,(H,17,18)/t13-/m1/s1. The average Bonchev–Trinajstić information content (AvgIpc) is 2.82. The van der Waals surface area contributed by atoms with E-state index in [-0.39, 0.29) is 12.1 Å². The fourth-order valence-corrected chi connectivity index (χ4v) is 3.06. The van der Waals surface area contributed by atoms with Crippen LogP contribution < -0.4 is 10.6 Å². The van der Waals surface area contributed by atoms with Crippen LogP contribution in [0.15, 0.2) is 30.3 Å². The molecule has 0 aromatic heterocycles. The first kappa shape index (κ1) is 12.5. The lowest BCUT2D eigenvalue weighted by Gasteiger charge is -2.39. The van der Waals surface area contributed by atoms with Gasteiger partial charge in [-0.1, -0.05) is 30.3 Å². The molecule has 2 aliphatic rings. The molecule has 1 saturated carbocycles. The Bertz CT molecular complexity index is 443. The van der Waals surface area contributed by atoms with Crippen LogP contribution in [0.1, 0.15) is 24.8 Å². The van der Waals surface area contributed by atoms with Crippen LogP contribution in [-0.2, 0) is 11.3 Å². The van der Waals surface area contributed by atoms with Crippen molar-refractivity contribution in [2.24, 2.45) is 5.41 Å². The van der Waals surface area contributed by atoms with E-state index >= 15 is 0 Å². The van der Waals surface area contributed by atoms with Gasteiger partial charge in [-0.05, 0) is 30.2 Å². The normalized spacial score (nSPS) is 23.9. The predicted octanol–water partition coefficient (Wildman–Crippen LogP) is 2.05. The van der Waals surface area contributed by atoms with Gasteiger partial charge in [0.15, 0.2) is 0 Å². The molecule has 0 bridgehead atoms. The third kappa shape index (κ3) is 2.89. The molecule has 1 heterocycles. The largest absolute Gasteiger partial charge is 0.445 e. The topological polar surface area (TPSA) is 50.4 Å². The summed E-state index contributed by atoms with van der Waals surface area (Å²) in [5, 5.41) is 6.30. The van der Waals surface area contributed by atoms with Crippen LogP contribution in [0, 0.1) is 5.41 Å². The summed E-state index contributed by atoms with van der Waals surface area (Å²) in [5.41, 5.74) is 1.47. The molecule has 102 valence electrons. The van der Waals surface area contributed by atoms with E-state index in [0.29, 0.717) is 12.0 Å². The SMILES string of the molecule is O=C(N[C@@H]1CCC2(CNC2)C1)OCc1ccccc1. The molecule has 19 heavy (non-hydrogen) atoms. The molecule has 1 aliphatic carbocycles. The Hall–Kier alpha value is -1.55. The fraction of sp³-hybridized carbons (Fsp3) is 0.533. The van der Waals surface area contributed by atoms with Gasteiger partial charge < -0.3 is 15.4 Å². The molecule has 0 unspecified atom stereocenters. The number of hydrogen-bond donors (Lipinski definition) is 2. The Morgan fingerprint density at radius 1 is 1.37 bits per heavy atom. The third-order valence-electron chi connectivity index (χ3n) is 4.24. The van der Waals surface area contributed by atoms with Crippen molar-refractivity contribution in [1.82, 2.24) is 10.6 Å². The molecule has 2 fully saturated rings. The van der Waals surface area contributed by atoms with E-state index < -0.39 is 0 Å². The van der Waals surface area contributed by atoms with Crippen LogP contribution in [0.25, 0.3) is 0 Å². The van der Waals surface area contributed by atoms with Gasteiger partial charge in [0.25, 0.3) is 0 Å². The van der Waals surface area contributed by atoms with E-state index in [4.69, 9.17) is 4.74 Å². The Labute approximate surface area is 113 Å². The Morgan fingerprint density at radius 2 is 2.16 bits per heavy atom. The van der Waals surface area contributed by atoms with Gasteiger partial charge >= 0.3 is 6.09 Å². The summed E-state index contributed by atoms with van der Waals surface area (Å²) in [4.78, 5) is 11.7. The molecule has 1 saturated heterocycles. The summed E-state index contributed by atoms with van der Waals surface area (Å²) < 4.78 is 5.24. The summed E-state index contributed by atoms with van der Waals surface area (Å²) >= 11 is 0. The molecule has 1 atom stereocenters. The molecule has 0 radical (unpaired) electrons. The zero-order valence-corrected chi connectivity index (χ0v) is 11.0. The third-order valence-corrected chi connectivity index (χ3v) is 4.24. The van der Waals surface area contributed by atoms with Gasteiger partial charge in [0, 0.05) is 19.1 Å². The number of nitrogens with one attached hydrogen (secondary N) is 2. The van der Waals surface area contributed by atoms with Crippen LogP contribution in [0.3, 0.4) is 0 Å². The number of benzene rings is 1. The minimum Gasteiger partial charge on any atom is -0.445 e. The van der Waals surface area contributed by atoms with Crippen molar-refractivity contribution >= 4 is 6.09 Å². The molecule has 2 N–H and O–H groups in total. The first-order valence-corrected chi connectivity index (χ1v) is 6.94. The van der Waals surface area contributed by atoms with Crippen molar-refractivity contribution in [3.63, 3.8) is 0 Å². The van der Waals surface area contributed by atoms with Gasteiger partial charge in [-0.15, -0.1) is 0 Å². The van der Waals surface area contributed by atoms with Gasteiger partial charge in [0.1, 0.15) is 6.61 Å². The van der Waals surface area contributed by atoms with E-state index in [0.717, 1.165) is 31.5 Å². The first-order valence-electron chi connectivity index (χ1n) is 6.94. The zero-order chi connectivity index (χ0) is 13.1. The maximum atomic E-state index is 11.7. The second kappa shape index (κ2) is 5.21. The highest BCUT2D eigenvalue weighted by atomic mass is 16.5. The predicted molar refractivity (Wildman–Crippen MR) is 72.7 cm³/mol. The van der Waals surface area contributed by atoms with Crippen LogP contribution in [-0.4, -0.2) is 25.2 Å². The lowest BCUT2D eigenvalue weighted by Crippen LogP contribution is -2.52. The van der Waals surface area contributed by atoms with E-state index in [2.05, 4.69) is 10.6 Å². The van der Waals surface area contributed by atoms with E-state index in [1.165, 1.54) is 6.42 Å². The van der Waals surface area contributed by atoms with Crippen LogP contribution in [0.5, 0.6) is 0 Å². The fourth-order valence-electron chi connectivity index (χ4n) is 3.06. The second-order valence-corrected chi connectivity index (χ2v) is 5.75. The summed E-state index contributed by atoms with van der Waals surface area (Å²) in [5.74, 6) is 0. The van der Waals surface area contributed by atoms with Gasteiger partial charge in [-0.2, -0.15) is 0 Å². The van der Waals surface area contributed by atoms with Crippen molar-refractivity contribution in [1.29, 1.82) is 0 Å². The number of hydrogen-bond acceptors (Lipinski definition) is 3. The lowest BCUT2D eigenvalue weighted by atomic mass is 9.80. The smallest absolute Gasteiger partial charge is 0.407 e. The highest BCUT2D eigenvalue weighted by Gasteiger charge is 2.43. The molecule has 1 spiro atoms. The first-order chi connectivity index (χ1) is 9.26. The van der Waals surface area contributed by atoms with Gasteiger partial charge in [0.2, 0.25) is 0 Å². The Kier molecular flexibility index (Phi) is 3.42. The van der Waals surface area contributed by atoms with Crippen molar-refractivity contribution < 1.29 is 9.53 Å². The zero-order valence-electron chi connectivity index (χ0n) is 11.0. The van der Waals surface area contributed by atoms with E-state index in [1.54, 1.807) is 0 Å². The van der Waals surface area contributed by atoms with Crippen molar-refractivity contribution in [2.75, 3.05) is 13.1 Å². The van der Waals surface area contributed by atoms with Gasteiger partial charge in [0.05, 0.1) is 0 Å². The lowest BCUT2D eigenvalue weighted by molar-refractivity contribution is 0.132. The van der Waals surface area contributed by atoms with Crippen molar-refractivity contribution in [3.05, 3.63) is 35.9 Å². The monoisotopic (exact) mass is 260 g/mol. The van der Waals surface area contributed by atoms with Crippen molar-refractivity contribution in [3.8, 4) is 0 Å². The molecule has 4 heteroatoms. The quantitative estimate of drug-likeness (QED) is 0.874. The molecular formula is C15H20N2O2. The molecular weight excluding hydrogens is 240 g/mol. The second-order valence-electron chi connectivity index (χ2n) is 5.75. The summed E-state index contributed by atoms with van der Waals surface area (Å²) in [7, 11) is 0. The average molecular weight is 260 g/mol. The molecule has 4 nitrogen and oxygen atoms in total. The highest BCUT2D eigenvalue weighted by Crippen LogP contribution is 2.41. The Balaban J connectivity index is 1.42.